The molecule has 0 aromatic heterocycles. The predicted molar refractivity (Wildman–Crippen MR) is 142 cm³/mol. The summed E-state index contributed by atoms with van der Waals surface area (Å²) in [5.41, 5.74) is 2.61. The normalized spacial score (nSPS) is 12.1. The molecular formula is C27H39N3O4S. The first-order chi connectivity index (χ1) is 16.7. The zero-order valence-corrected chi connectivity index (χ0v) is 22.2. The van der Waals surface area contributed by atoms with E-state index in [9.17, 15) is 18.0 Å². The van der Waals surface area contributed by atoms with Crippen LogP contribution in [0.4, 0.5) is 5.69 Å². The van der Waals surface area contributed by atoms with Gasteiger partial charge in [0.2, 0.25) is 21.8 Å². The molecule has 2 aromatic rings. The van der Waals surface area contributed by atoms with Gasteiger partial charge in [-0.05, 0) is 43.9 Å². The van der Waals surface area contributed by atoms with E-state index < -0.39 is 16.1 Å². The van der Waals surface area contributed by atoms with E-state index >= 15 is 0 Å². The Bertz CT molecular complexity index is 1060. The standard InChI is InChI=1S/C27H39N3O4S/c1-5-7-18-28-27(32)25(6-2)29(21-23-14-11-13-22(3)20-23)26(31)17-12-19-30(35(4,33)34)24-15-9-8-10-16-24/h8-11,13-16,20,25H,5-7,12,17-19,21H2,1-4H3,(H,28,32)/t25-/m1/s1. The molecule has 1 atom stereocenters. The second kappa shape index (κ2) is 13.9. The number of amides is 2. The molecule has 2 aromatic carbocycles. The molecule has 0 unspecified atom stereocenters. The summed E-state index contributed by atoms with van der Waals surface area (Å²) in [6.45, 7) is 7.06. The maximum Gasteiger partial charge on any atom is 0.242 e. The number of hydrogen-bond acceptors (Lipinski definition) is 4. The van der Waals surface area contributed by atoms with Crippen LogP contribution in [0.2, 0.25) is 0 Å². The van der Waals surface area contributed by atoms with Crippen molar-refractivity contribution in [2.75, 3.05) is 23.7 Å². The van der Waals surface area contributed by atoms with E-state index in [1.165, 1.54) is 10.6 Å². The minimum absolute atomic E-state index is 0.142. The average molecular weight is 502 g/mol. The highest BCUT2D eigenvalue weighted by molar-refractivity contribution is 7.92. The Balaban J connectivity index is 2.18. The number of para-hydroxylation sites is 1. The lowest BCUT2D eigenvalue weighted by molar-refractivity contribution is -0.141. The quantitative estimate of drug-likeness (QED) is 0.392. The fourth-order valence-electron chi connectivity index (χ4n) is 4.03. The van der Waals surface area contributed by atoms with E-state index in [0.717, 1.165) is 24.0 Å². The predicted octanol–water partition coefficient (Wildman–Crippen LogP) is 4.26. The number of aryl methyl sites for hydroxylation is 1. The third-order valence-corrected chi connectivity index (χ3v) is 7.04. The monoisotopic (exact) mass is 501 g/mol. The second-order valence-corrected chi connectivity index (χ2v) is 10.8. The number of nitrogens with zero attached hydrogens (tertiary/aromatic N) is 2. The molecule has 192 valence electrons. The molecule has 0 saturated heterocycles. The number of sulfonamides is 1. The Kier molecular flexibility index (Phi) is 11.2. The zero-order chi connectivity index (χ0) is 25.8. The number of anilines is 1. The summed E-state index contributed by atoms with van der Waals surface area (Å²) in [6, 6.07) is 16.2. The molecule has 0 aliphatic heterocycles. The Morgan fingerprint density at radius 3 is 2.31 bits per heavy atom. The fourth-order valence-corrected chi connectivity index (χ4v) is 5.00. The van der Waals surface area contributed by atoms with Crippen molar-refractivity contribution < 1.29 is 18.0 Å². The number of benzene rings is 2. The Hall–Kier alpha value is -2.87. The lowest BCUT2D eigenvalue weighted by Crippen LogP contribution is -2.49. The topological polar surface area (TPSA) is 86.8 Å². The van der Waals surface area contributed by atoms with Crippen molar-refractivity contribution in [3.8, 4) is 0 Å². The van der Waals surface area contributed by atoms with Gasteiger partial charge < -0.3 is 10.2 Å². The third-order valence-electron chi connectivity index (χ3n) is 5.85. The van der Waals surface area contributed by atoms with Gasteiger partial charge in [0.1, 0.15) is 6.04 Å². The first-order valence-electron chi connectivity index (χ1n) is 12.3. The van der Waals surface area contributed by atoms with Gasteiger partial charge in [-0.2, -0.15) is 0 Å². The molecule has 1 N–H and O–H groups in total. The van der Waals surface area contributed by atoms with Crippen LogP contribution in [-0.4, -0.2) is 50.5 Å². The summed E-state index contributed by atoms with van der Waals surface area (Å²) in [5.74, 6) is -0.311. The summed E-state index contributed by atoms with van der Waals surface area (Å²) < 4.78 is 26.0. The van der Waals surface area contributed by atoms with Crippen LogP contribution >= 0.6 is 0 Å². The minimum Gasteiger partial charge on any atom is -0.354 e. The first-order valence-corrected chi connectivity index (χ1v) is 14.2. The highest BCUT2D eigenvalue weighted by Gasteiger charge is 2.28. The molecule has 0 aliphatic rings. The van der Waals surface area contributed by atoms with Crippen molar-refractivity contribution in [1.29, 1.82) is 0 Å². The number of nitrogens with one attached hydrogen (secondary N) is 1. The SMILES string of the molecule is CCCCNC(=O)[C@@H](CC)N(Cc1cccc(C)c1)C(=O)CCCN(c1ccccc1)S(C)(=O)=O. The molecule has 0 radical (unpaired) electrons. The van der Waals surface area contributed by atoms with Gasteiger partial charge >= 0.3 is 0 Å². The van der Waals surface area contributed by atoms with Crippen LogP contribution in [0.5, 0.6) is 0 Å². The molecule has 0 fully saturated rings. The lowest BCUT2D eigenvalue weighted by atomic mass is 10.1. The van der Waals surface area contributed by atoms with E-state index in [1.54, 1.807) is 29.2 Å². The van der Waals surface area contributed by atoms with Crippen LogP contribution in [0.25, 0.3) is 0 Å². The van der Waals surface area contributed by atoms with Gasteiger partial charge in [-0.25, -0.2) is 8.42 Å². The maximum absolute atomic E-state index is 13.4. The average Bonchev–Trinajstić information content (AvgIpc) is 2.81. The highest BCUT2D eigenvalue weighted by atomic mass is 32.2. The first kappa shape index (κ1) is 28.4. The summed E-state index contributed by atoms with van der Waals surface area (Å²) in [4.78, 5) is 28.0. The van der Waals surface area contributed by atoms with Crippen LogP contribution < -0.4 is 9.62 Å². The number of rotatable bonds is 14. The van der Waals surface area contributed by atoms with E-state index in [1.807, 2.05) is 44.2 Å². The smallest absolute Gasteiger partial charge is 0.242 e. The fraction of sp³-hybridized carbons (Fsp3) is 0.481. The van der Waals surface area contributed by atoms with Gasteiger partial charge in [0.25, 0.3) is 0 Å². The summed E-state index contributed by atoms with van der Waals surface area (Å²) in [5, 5.41) is 2.96. The molecular weight excluding hydrogens is 462 g/mol. The Morgan fingerprint density at radius 2 is 1.71 bits per heavy atom. The molecule has 0 spiro atoms. The molecule has 2 amide bonds. The van der Waals surface area contributed by atoms with Crippen molar-refractivity contribution in [2.45, 2.75) is 65.5 Å². The molecule has 0 heterocycles. The van der Waals surface area contributed by atoms with Crippen molar-refractivity contribution in [2.24, 2.45) is 0 Å². The van der Waals surface area contributed by atoms with E-state index in [0.29, 0.717) is 31.6 Å². The maximum atomic E-state index is 13.4. The van der Waals surface area contributed by atoms with Gasteiger partial charge in [-0.3, -0.25) is 13.9 Å². The van der Waals surface area contributed by atoms with E-state index in [2.05, 4.69) is 12.2 Å². The largest absolute Gasteiger partial charge is 0.354 e. The number of carbonyl (C=O) groups is 2. The highest BCUT2D eigenvalue weighted by Crippen LogP contribution is 2.19. The molecule has 8 heteroatoms. The van der Waals surface area contributed by atoms with Crippen LogP contribution in [-0.2, 0) is 26.2 Å². The lowest BCUT2D eigenvalue weighted by Gasteiger charge is -2.31. The van der Waals surface area contributed by atoms with Crippen molar-refractivity contribution in [3.05, 3.63) is 65.7 Å². The van der Waals surface area contributed by atoms with Gasteiger partial charge in [0, 0.05) is 26.1 Å². The van der Waals surface area contributed by atoms with E-state index in [4.69, 9.17) is 0 Å². The Labute approximate surface area is 210 Å². The number of unbranched alkanes of at least 4 members (excludes halogenated alkanes) is 1. The summed E-state index contributed by atoms with van der Waals surface area (Å²) in [7, 11) is -3.49. The van der Waals surface area contributed by atoms with Gasteiger partial charge in [-0.1, -0.05) is 68.3 Å². The Morgan fingerprint density at radius 1 is 1.00 bits per heavy atom. The third kappa shape index (κ3) is 9.02. The van der Waals surface area contributed by atoms with Crippen molar-refractivity contribution in [3.63, 3.8) is 0 Å². The molecule has 2 rings (SSSR count). The molecule has 35 heavy (non-hydrogen) atoms. The second-order valence-electron chi connectivity index (χ2n) is 8.85. The van der Waals surface area contributed by atoms with Crippen LogP contribution in [0.15, 0.2) is 54.6 Å². The molecule has 0 saturated carbocycles. The van der Waals surface area contributed by atoms with Gasteiger partial charge in [-0.15, -0.1) is 0 Å². The minimum atomic E-state index is -3.49. The van der Waals surface area contributed by atoms with Crippen molar-refractivity contribution in [1.82, 2.24) is 10.2 Å². The van der Waals surface area contributed by atoms with Gasteiger partial charge in [0.15, 0.2) is 0 Å². The molecule has 0 bridgehead atoms. The van der Waals surface area contributed by atoms with Crippen LogP contribution in [0.1, 0.15) is 57.1 Å². The van der Waals surface area contributed by atoms with Crippen LogP contribution in [0, 0.1) is 6.92 Å². The molecule has 7 nitrogen and oxygen atoms in total. The van der Waals surface area contributed by atoms with Crippen molar-refractivity contribution >= 4 is 27.5 Å². The summed E-state index contributed by atoms with van der Waals surface area (Å²) in [6.07, 6.45) is 4.01. The van der Waals surface area contributed by atoms with E-state index in [-0.39, 0.29) is 24.8 Å². The van der Waals surface area contributed by atoms with Crippen LogP contribution in [0.3, 0.4) is 0 Å². The molecule has 0 aliphatic carbocycles. The number of carbonyl (C=O) groups excluding carboxylic acids is 2. The number of hydrogen-bond donors (Lipinski definition) is 1. The van der Waals surface area contributed by atoms with Gasteiger partial charge in [0.05, 0.1) is 11.9 Å². The zero-order valence-electron chi connectivity index (χ0n) is 21.4. The summed E-state index contributed by atoms with van der Waals surface area (Å²) >= 11 is 0.